The molecule has 216 valence electrons. The van der Waals surface area contributed by atoms with Crippen LogP contribution in [0.4, 0.5) is 47.3 Å². The minimum Gasteiger partial charge on any atom is -0.428 e. The van der Waals surface area contributed by atoms with E-state index in [0.717, 1.165) is 0 Å². The molecule has 2 aromatic carbocycles. The Morgan fingerprint density at radius 2 is 0.923 bits per heavy atom. The molecule has 0 saturated heterocycles. The Labute approximate surface area is 220 Å². The zero-order valence-electron chi connectivity index (χ0n) is 21.8. The van der Waals surface area contributed by atoms with E-state index >= 15 is 0 Å². The highest BCUT2D eigenvalue weighted by Gasteiger charge is 2.72. The average Bonchev–Trinajstić information content (AvgIpc) is 2.67. The number of benzene rings is 2. The summed E-state index contributed by atoms with van der Waals surface area (Å²) >= 11 is 0. The number of anilines is 2. The molecule has 0 aliphatic carbocycles. The minimum absolute atomic E-state index is 0.391. The van der Waals surface area contributed by atoms with Crippen molar-refractivity contribution in [2.24, 2.45) is 0 Å². The van der Waals surface area contributed by atoms with Crippen LogP contribution in [0.1, 0.15) is 52.7 Å². The first-order valence-corrected chi connectivity index (χ1v) is 11.2. The fourth-order valence-electron chi connectivity index (χ4n) is 3.45. The van der Waals surface area contributed by atoms with Gasteiger partial charge in [-0.1, -0.05) is 12.1 Å². The normalized spacial score (nSPS) is 13.0. The molecule has 0 aliphatic rings. The summed E-state index contributed by atoms with van der Waals surface area (Å²) < 4.78 is 106. The molecule has 0 bridgehead atoms. The summed E-state index contributed by atoms with van der Waals surface area (Å²) in [7, 11) is 0. The monoisotopic (exact) mass is 566 g/mol. The Morgan fingerprint density at radius 1 is 0.615 bits per heavy atom. The highest BCUT2D eigenvalue weighted by Crippen LogP contribution is 2.57. The van der Waals surface area contributed by atoms with Gasteiger partial charge < -0.3 is 30.4 Å². The molecule has 14 heteroatoms. The molecule has 0 heterocycles. The average molecular weight is 566 g/mol. The Bertz CT molecular complexity index is 1130. The molecule has 0 amide bonds. The van der Waals surface area contributed by atoms with Gasteiger partial charge in [-0.3, -0.25) is 0 Å². The van der Waals surface area contributed by atoms with Gasteiger partial charge in [0.05, 0.1) is 11.4 Å². The first-order chi connectivity index (χ1) is 17.5. The van der Waals surface area contributed by atoms with E-state index in [-0.39, 0.29) is 0 Å². The van der Waals surface area contributed by atoms with E-state index in [1.807, 2.05) is 0 Å². The number of nitrogens with two attached hydrogens (primary N) is 2. The van der Waals surface area contributed by atoms with Crippen LogP contribution in [-0.4, -0.2) is 35.9 Å². The summed E-state index contributed by atoms with van der Waals surface area (Å²) in [4.78, 5) is 23.8. The highest BCUT2D eigenvalue weighted by atomic mass is 19.4. The van der Waals surface area contributed by atoms with E-state index in [4.69, 9.17) is 30.4 Å². The van der Waals surface area contributed by atoms with Crippen molar-refractivity contribution in [2.45, 2.75) is 70.5 Å². The van der Waals surface area contributed by atoms with Crippen molar-refractivity contribution in [2.75, 3.05) is 11.5 Å². The van der Waals surface area contributed by atoms with Gasteiger partial charge in [0.25, 0.3) is 0 Å². The van der Waals surface area contributed by atoms with E-state index in [9.17, 15) is 35.9 Å². The number of ether oxygens (including phenoxy) is 4. The number of hydrogen-bond acceptors (Lipinski definition) is 8. The predicted octanol–water partition coefficient (Wildman–Crippen LogP) is 6.89. The maximum Gasteiger partial charge on any atom is 0.514 e. The molecule has 8 nitrogen and oxygen atoms in total. The van der Waals surface area contributed by atoms with Crippen molar-refractivity contribution in [3.63, 3.8) is 0 Å². The van der Waals surface area contributed by atoms with Gasteiger partial charge in [-0.05, 0) is 76.9 Å². The molecule has 4 N–H and O–H groups in total. The third-order valence-electron chi connectivity index (χ3n) is 4.90. The fourth-order valence-corrected chi connectivity index (χ4v) is 3.45. The van der Waals surface area contributed by atoms with Crippen molar-refractivity contribution in [1.82, 2.24) is 0 Å². The largest absolute Gasteiger partial charge is 0.514 e. The number of nitrogen functional groups attached to an aromatic ring is 2. The molecule has 0 unspecified atom stereocenters. The topological polar surface area (TPSA) is 123 Å². The van der Waals surface area contributed by atoms with Gasteiger partial charge in [0.15, 0.2) is 11.5 Å². The number of carbonyl (C=O) groups is 2. The highest BCUT2D eigenvalue weighted by molar-refractivity contribution is 5.71. The van der Waals surface area contributed by atoms with E-state index in [2.05, 4.69) is 0 Å². The lowest BCUT2D eigenvalue weighted by molar-refractivity contribution is -0.288. The summed E-state index contributed by atoms with van der Waals surface area (Å²) in [6, 6.07) is 3.09. The van der Waals surface area contributed by atoms with E-state index < -0.39 is 75.3 Å². The third-order valence-corrected chi connectivity index (χ3v) is 4.90. The van der Waals surface area contributed by atoms with E-state index in [1.165, 1.54) is 41.5 Å². The Hall–Kier alpha value is -3.84. The van der Waals surface area contributed by atoms with Crippen molar-refractivity contribution in [1.29, 1.82) is 0 Å². The maximum atomic E-state index is 14.5. The quantitative estimate of drug-likeness (QED) is 0.178. The molecule has 2 aromatic rings. The standard InChI is InChI=1S/C25H28F6N2O6/c1-21(2,3)38-19(34)36-17-9-7-13(11-15(17)32)23(24(26,27)28,25(29,30)31)14-8-10-18(16(33)12-14)37-20(35)39-22(4,5)6/h7-12H,32-33H2,1-6H3. The van der Waals surface area contributed by atoms with Crippen molar-refractivity contribution >= 4 is 23.7 Å². The van der Waals surface area contributed by atoms with E-state index in [0.29, 0.717) is 36.4 Å². The molecule has 39 heavy (non-hydrogen) atoms. The fraction of sp³-hybridized carbons (Fsp3) is 0.440. The second kappa shape index (κ2) is 10.4. The van der Waals surface area contributed by atoms with Crippen molar-refractivity contribution in [3.8, 4) is 11.5 Å². The number of carbonyl (C=O) groups excluding carboxylic acids is 2. The predicted molar refractivity (Wildman–Crippen MR) is 128 cm³/mol. The second-order valence-electron chi connectivity index (χ2n) is 10.4. The molecule has 2 rings (SSSR count). The Morgan fingerprint density at radius 3 is 1.15 bits per heavy atom. The molecular weight excluding hydrogens is 538 g/mol. The number of hydrogen-bond donors (Lipinski definition) is 2. The van der Waals surface area contributed by atoms with Crippen LogP contribution in [0.3, 0.4) is 0 Å². The summed E-state index contributed by atoms with van der Waals surface area (Å²) in [5.74, 6) is -1.04. The van der Waals surface area contributed by atoms with Crippen molar-refractivity contribution < 1.29 is 54.9 Å². The van der Waals surface area contributed by atoms with Gasteiger partial charge in [0, 0.05) is 0 Å². The first kappa shape index (κ1) is 31.4. The maximum absolute atomic E-state index is 14.5. The summed E-state index contributed by atoms with van der Waals surface area (Å²) in [5.41, 5.74) is 0.694. The Kier molecular flexibility index (Phi) is 8.35. The lowest BCUT2D eigenvalue weighted by Crippen LogP contribution is -2.54. The van der Waals surface area contributed by atoms with Gasteiger partial charge in [-0.25, -0.2) is 9.59 Å². The Balaban J connectivity index is 2.63. The zero-order chi connectivity index (χ0) is 30.2. The van der Waals surface area contributed by atoms with Crippen LogP contribution in [-0.2, 0) is 14.9 Å². The molecule has 0 aromatic heterocycles. The lowest BCUT2D eigenvalue weighted by atomic mass is 9.72. The van der Waals surface area contributed by atoms with Crippen LogP contribution in [0.5, 0.6) is 11.5 Å². The molecular formula is C25H28F6N2O6. The second-order valence-corrected chi connectivity index (χ2v) is 10.4. The minimum atomic E-state index is -5.97. The summed E-state index contributed by atoms with van der Waals surface area (Å²) in [6.45, 7) is 9.07. The van der Waals surface area contributed by atoms with Gasteiger partial charge in [-0.2, -0.15) is 26.3 Å². The smallest absolute Gasteiger partial charge is 0.428 e. The van der Waals surface area contributed by atoms with E-state index in [1.54, 1.807) is 0 Å². The number of halogens is 6. The van der Waals surface area contributed by atoms with Crippen LogP contribution in [0.15, 0.2) is 36.4 Å². The van der Waals surface area contributed by atoms with Crippen LogP contribution in [0, 0.1) is 0 Å². The molecule has 0 spiro atoms. The summed E-state index contributed by atoms with van der Waals surface area (Å²) in [6.07, 6.45) is -14.5. The zero-order valence-corrected chi connectivity index (χ0v) is 21.8. The lowest BCUT2D eigenvalue weighted by Gasteiger charge is -2.38. The first-order valence-electron chi connectivity index (χ1n) is 11.2. The molecule has 0 fully saturated rings. The molecule has 0 radical (unpaired) electrons. The molecule has 0 saturated carbocycles. The van der Waals surface area contributed by atoms with Crippen LogP contribution in [0.2, 0.25) is 0 Å². The number of rotatable bonds is 4. The molecule has 0 atom stereocenters. The van der Waals surface area contributed by atoms with Gasteiger partial charge >= 0.3 is 24.7 Å². The van der Waals surface area contributed by atoms with Crippen LogP contribution < -0.4 is 20.9 Å². The third kappa shape index (κ3) is 7.18. The van der Waals surface area contributed by atoms with Gasteiger partial charge in [-0.15, -0.1) is 0 Å². The summed E-state index contributed by atoms with van der Waals surface area (Å²) in [5, 5.41) is 0. The molecule has 0 aliphatic heterocycles. The SMILES string of the molecule is CC(C)(C)OC(=O)Oc1ccc(C(c2ccc(OC(=O)OC(C)(C)C)c(N)c2)(C(F)(F)F)C(F)(F)F)cc1N. The van der Waals surface area contributed by atoms with Gasteiger partial charge in [0.2, 0.25) is 5.41 Å². The number of alkyl halides is 6. The van der Waals surface area contributed by atoms with Crippen LogP contribution in [0.25, 0.3) is 0 Å². The van der Waals surface area contributed by atoms with Gasteiger partial charge in [0.1, 0.15) is 11.2 Å². The van der Waals surface area contributed by atoms with Crippen LogP contribution >= 0.6 is 0 Å². The van der Waals surface area contributed by atoms with Crippen molar-refractivity contribution in [3.05, 3.63) is 47.5 Å².